The highest BCUT2D eigenvalue weighted by Gasteiger charge is 2.52. The van der Waals surface area contributed by atoms with Gasteiger partial charge in [0.1, 0.15) is 0 Å². The zero-order valence-electron chi connectivity index (χ0n) is 37.7. The number of benzene rings is 11. The molecule has 1 atom stereocenters. The maximum Gasteiger partial charge on any atom is 0.0726 e. The van der Waals surface area contributed by atoms with E-state index in [9.17, 15) is 0 Å². The van der Waals surface area contributed by atoms with Gasteiger partial charge in [-0.3, -0.25) is 0 Å². The van der Waals surface area contributed by atoms with Gasteiger partial charge in [-0.1, -0.05) is 218 Å². The van der Waals surface area contributed by atoms with E-state index >= 15 is 0 Å². The quantitative estimate of drug-likeness (QED) is 0.154. The van der Waals surface area contributed by atoms with E-state index < -0.39 is 5.41 Å². The fourth-order valence-electron chi connectivity index (χ4n) is 11.8. The topological polar surface area (TPSA) is 3.24 Å². The maximum atomic E-state index is 2.52. The molecule has 322 valence electrons. The molecule has 1 heterocycles. The Labute approximate surface area is 406 Å². The molecule has 0 saturated heterocycles. The summed E-state index contributed by atoms with van der Waals surface area (Å²) in [6.45, 7) is 0. The number of anilines is 3. The Morgan fingerprint density at radius 3 is 1.58 bits per heavy atom. The van der Waals surface area contributed by atoms with Crippen LogP contribution in [-0.2, 0) is 5.41 Å². The molecule has 2 aliphatic carbocycles. The summed E-state index contributed by atoms with van der Waals surface area (Å²) >= 11 is 1.88. The van der Waals surface area contributed by atoms with Crippen LogP contribution in [0, 0.1) is 0 Å². The standard InChI is InChI=1S/C67H43NS/c1-4-18-44(19-5-1)48-36-40-54-53-24-10-13-29-59(53)67(62(54)42-48)60-30-14-11-26-57(60)65-61(67)31-17-32-63(65)68(50-39-41-51(45-20-6-2-7-21-45)58(43-50)46-22-8-3-9-23-46)49-37-34-47(35-38-49)52-27-16-28-56-55-25-12-15-33-64(55)69-66(52)56/h1-43H. The van der Waals surface area contributed by atoms with Crippen LogP contribution < -0.4 is 4.90 Å². The first-order chi connectivity index (χ1) is 34.2. The van der Waals surface area contributed by atoms with Gasteiger partial charge in [0.2, 0.25) is 0 Å². The molecule has 0 saturated carbocycles. The first-order valence-electron chi connectivity index (χ1n) is 23.8. The van der Waals surface area contributed by atoms with E-state index in [0.717, 1.165) is 17.1 Å². The van der Waals surface area contributed by atoms with Gasteiger partial charge in [-0.2, -0.15) is 0 Å². The Balaban J connectivity index is 1.02. The highest BCUT2D eigenvalue weighted by atomic mass is 32.1. The molecule has 2 heteroatoms. The fourth-order valence-corrected chi connectivity index (χ4v) is 13.0. The molecular weight excluding hydrogens is 851 g/mol. The van der Waals surface area contributed by atoms with Gasteiger partial charge in [0.25, 0.3) is 0 Å². The van der Waals surface area contributed by atoms with Crippen molar-refractivity contribution in [3.05, 3.63) is 283 Å². The molecule has 1 spiro atoms. The van der Waals surface area contributed by atoms with Crippen LogP contribution in [0.1, 0.15) is 22.3 Å². The van der Waals surface area contributed by atoms with Crippen molar-refractivity contribution in [2.45, 2.75) is 5.41 Å². The van der Waals surface area contributed by atoms with E-state index in [1.165, 1.54) is 109 Å². The van der Waals surface area contributed by atoms with Gasteiger partial charge in [-0.05, 0) is 126 Å². The molecule has 0 aliphatic heterocycles. The van der Waals surface area contributed by atoms with E-state index in [0.29, 0.717) is 0 Å². The zero-order chi connectivity index (χ0) is 45.5. The number of fused-ring (bicyclic) bond motifs is 13. The highest BCUT2D eigenvalue weighted by Crippen LogP contribution is 2.65. The van der Waals surface area contributed by atoms with Crippen LogP contribution >= 0.6 is 11.3 Å². The molecular formula is C67H43NS. The van der Waals surface area contributed by atoms with Crippen LogP contribution in [0.25, 0.3) is 86.9 Å². The van der Waals surface area contributed by atoms with Crippen molar-refractivity contribution in [2.75, 3.05) is 4.90 Å². The summed E-state index contributed by atoms with van der Waals surface area (Å²) in [6, 6.07) is 96.9. The van der Waals surface area contributed by atoms with Gasteiger partial charge in [-0.15, -0.1) is 11.3 Å². The Morgan fingerprint density at radius 2 is 0.812 bits per heavy atom. The van der Waals surface area contributed by atoms with Gasteiger partial charge in [0, 0.05) is 37.1 Å². The number of nitrogens with zero attached hydrogens (tertiary/aromatic N) is 1. The molecule has 11 aromatic carbocycles. The molecule has 0 N–H and O–H groups in total. The van der Waals surface area contributed by atoms with Gasteiger partial charge < -0.3 is 4.90 Å². The molecule has 1 nitrogen and oxygen atoms in total. The van der Waals surface area contributed by atoms with Crippen molar-refractivity contribution >= 4 is 48.6 Å². The Hall–Kier alpha value is -8.56. The average molecular weight is 894 g/mol. The minimum absolute atomic E-state index is 0.524. The van der Waals surface area contributed by atoms with Crippen LogP contribution in [0.4, 0.5) is 17.1 Å². The molecule has 0 amide bonds. The van der Waals surface area contributed by atoms with E-state index in [2.05, 4.69) is 266 Å². The number of hydrogen-bond donors (Lipinski definition) is 0. The summed E-state index contributed by atoms with van der Waals surface area (Å²) < 4.78 is 2.64. The van der Waals surface area contributed by atoms with Gasteiger partial charge in [0.05, 0.1) is 11.1 Å². The summed E-state index contributed by atoms with van der Waals surface area (Å²) in [4.78, 5) is 2.52. The second-order valence-electron chi connectivity index (χ2n) is 18.3. The molecule has 2 aliphatic rings. The van der Waals surface area contributed by atoms with Crippen LogP contribution in [0.2, 0.25) is 0 Å². The molecule has 14 rings (SSSR count). The zero-order valence-corrected chi connectivity index (χ0v) is 38.5. The van der Waals surface area contributed by atoms with E-state index in [-0.39, 0.29) is 0 Å². The lowest BCUT2D eigenvalue weighted by Gasteiger charge is -2.32. The Morgan fingerprint density at radius 1 is 0.290 bits per heavy atom. The molecule has 0 bridgehead atoms. The van der Waals surface area contributed by atoms with E-state index in [1.54, 1.807) is 0 Å². The summed E-state index contributed by atoms with van der Waals surface area (Å²) in [5, 5.41) is 2.62. The second-order valence-corrected chi connectivity index (χ2v) is 19.3. The van der Waals surface area contributed by atoms with Crippen molar-refractivity contribution in [1.82, 2.24) is 0 Å². The third kappa shape index (κ3) is 6.02. The van der Waals surface area contributed by atoms with E-state index in [1.807, 2.05) is 11.3 Å². The average Bonchev–Trinajstić information content (AvgIpc) is 4.06. The van der Waals surface area contributed by atoms with Gasteiger partial charge in [-0.25, -0.2) is 0 Å². The Bertz CT molecular complexity index is 3940. The van der Waals surface area contributed by atoms with Crippen molar-refractivity contribution in [3.8, 4) is 66.8 Å². The van der Waals surface area contributed by atoms with Gasteiger partial charge in [0.15, 0.2) is 0 Å². The largest absolute Gasteiger partial charge is 0.310 e. The smallest absolute Gasteiger partial charge is 0.0726 e. The molecule has 69 heavy (non-hydrogen) atoms. The molecule has 0 radical (unpaired) electrons. The summed E-state index contributed by atoms with van der Waals surface area (Å²) in [7, 11) is 0. The summed E-state index contributed by atoms with van der Waals surface area (Å²) in [5.41, 5.74) is 22.9. The molecule has 1 unspecified atom stereocenters. The lowest BCUT2D eigenvalue weighted by Crippen LogP contribution is -2.26. The number of hydrogen-bond acceptors (Lipinski definition) is 2. The predicted molar refractivity (Wildman–Crippen MR) is 292 cm³/mol. The molecule has 12 aromatic rings. The third-order valence-electron chi connectivity index (χ3n) is 14.7. The second kappa shape index (κ2) is 15.8. The van der Waals surface area contributed by atoms with Crippen LogP contribution in [0.15, 0.2) is 261 Å². The first-order valence-corrected chi connectivity index (χ1v) is 24.6. The summed E-state index contributed by atoms with van der Waals surface area (Å²) in [6.07, 6.45) is 0. The summed E-state index contributed by atoms with van der Waals surface area (Å²) in [5.74, 6) is 0. The van der Waals surface area contributed by atoms with Crippen molar-refractivity contribution in [1.29, 1.82) is 0 Å². The number of rotatable bonds is 7. The minimum Gasteiger partial charge on any atom is -0.310 e. The Kier molecular flexibility index (Phi) is 9.05. The first kappa shape index (κ1) is 39.6. The fraction of sp³-hybridized carbons (Fsp3) is 0.0149. The van der Waals surface area contributed by atoms with Crippen LogP contribution in [0.5, 0.6) is 0 Å². The minimum atomic E-state index is -0.524. The molecule has 0 fully saturated rings. The lowest BCUT2D eigenvalue weighted by atomic mass is 9.70. The van der Waals surface area contributed by atoms with Crippen molar-refractivity contribution in [3.63, 3.8) is 0 Å². The van der Waals surface area contributed by atoms with Crippen LogP contribution in [0.3, 0.4) is 0 Å². The monoisotopic (exact) mass is 893 g/mol. The van der Waals surface area contributed by atoms with Crippen molar-refractivity contribution in [2.24, 2.45) is 0 Å². The van der Waals surface area contributed by atoms with Crippen LogP contribution in [-0.4, -0.2) is 0 Å². The van der Waals surface area contributed by atoms with Gasteiger partial charge >= 0.3 is 0 Å². The third-order valence-corrected chi connectivity index (χ3v) is 15.9. The normalized spacial score (nSPS) is 14.1. The predicted octanol–water partition coefficient (Wildman–Crippen LogP) is 18.5. The maximum absolute atomic E-state index is 2.52. The highest BCUT2D eigenvalue weighted by molar-refractivity contribution is 7.26. The molecule has 1 aromatic heterocycles. The van der Waals surface area contributed by atoms with E-state index in [4.69, 9.17) is 0 Å². The number of thiophene rings is 1. The van der Waals surface area contributed by atoms with Crippen molar-refractivity contribution < 1.29 is 0 Å². The SMILES string of the molecule is c1ccc(-c2ccc3c(c2)C2(c4ccccc4-3)c3ccccc3-c3c(N(c4ccc(-c5cccc6c5sc5ccccc56)cc4)c4ccc(-c5ccccc5)c(-c5ccccc5)c4)cccc32)cc1. The lowest BCUT2D eigenvalue weighted by molar-refractivity contribution is 0.794.